The molecule has 0 aliphatic heterocycles. The maximum atomic E-state index is 11.5. The van der Waals surface area contributed by atoms with Gasteiger partial charge in [-0.15, -0.1) is 0 Å². The van der Waals surface area contributed by atoms with Crippen LogP contribution in [0, 0.1) is 13.8 Å². The SMILES string of the molecule is Cc1cccc(CNc2ccc(C)c(S(N)(=O)=O)c2)c1. The zero-order valence-corrected chi connectivity index (χ0v) is 12.4. The predicted molar refractivity (Wildman–Crippen MR) is 81.1 cm³/mol. The number of rotatable bonds is 4. The van der Waals surface area contributed by atoms with Gasteiger partial charge in [-0.2, -0.15) is 0 Å². The largest absolute Gasteiger partial charge is 0.381 e. The summed E-state index contributed by atoms with van der Waals surface area (Å²) in [5.74, 6) is 0. The molecule has 0 saturated heterocycles. The van der Waals surface area contributed by atoms with Crippen LogP contribution in [0.2, 0.25) is 0 Å². The Morgan fingerprint density at radius 1 is 1.10 bits per heavy atom. The van der Waals surface area contributed by atoms with Crippen molar-refractivity contribution in [1.82, 2.24) is 0 Å². The molecule has 2 aromatic rings. The fraction of sp³-hybridized carbons (Fsp3) is 0.200. The molecule has 3 N–H and O–H groups in total. The van der Waals surface area contributed by atoms with Gasteiger partial charge in [0.2, 0.25) is 10.0 Å². The van der Waals surface area contributed by atoms with E-state index in [1.165, 1.54) is 5.56 Å². The fourth-order valence-electron chi connectivity index (χ4n) is 2.04. The summed E-state index contributed by atoms with van der Waals surface area (Å²) in [5.41, 5.74) is 3.72. The molecule has 0 fully saturated rings. The van der Waals surface area contributed by atoms with Gasteiger partial charge in [0.1, 0.15) is 0 Å². The highest BCUT2D eigenvalue weighted by atomic mass is 32.2. The van der Waals surface area contributed by atoms with E-state index in [-0.39, 0.29) is 4.90 Å². The molecule has 106 valence electrons. The lowest BCUT2D eigenvalue weighted by molar-refractivity contribution is 0.597. The van der Waals surface area contributed by atoms with E-state index in [4.69, 9.17) is 5.14 Å². The molecule has 5 heteroatoms. The van der Waals surface area contributed by atoms with E-state index in [0.29, 0.717) is 12.1 Å². The molecule has 0 aromatic heterocycles. The van der Waals surface area contributed by atoms with Crippen molar-refractivity contribution >= 4 is 15.7 Å². The van der Waals surface area contributed by atoms with Gasteiger partial charge in [-0.1, -0.05) is 35.9 Å². The van der Waals surface area contributed by atoms with E-state index >= 15 is 0 Å². The van der Waals surface area contributed by atoms with Gasteiger partial charge in [-0.05, 0) is 37.1 Å². The third-order valence-corrected chi connectivity index (χ3v) is 4.13. The van der Waals surface area contributed by atoms with Crippen molar-refractivity contribution in [2.75, 3.05) is 5.32 Å². The summed E-state index contributed by atoms with van der Waals surface area (Å²) < 4.78 is 22.9. The molecule has 0 heterocycles. The van der Waals surface area contributed by atoms with Crippen molar-refractivity contribution in [3.63, 3.8) is 0 Å². The zero-order valence-electron chi connectivity index (χ0n) is 11.6. The molecule has 0 atom stereocenters. The molecule has 4 nitrogen and oxygen atoms in total. The molecule has 0 aliphatic carbocycles. The predicted octanol–water partition coefficient (Wildman–Crippen LogP) is 2.56. The topological polar surface area (TPSA) is 72.2 Å². The van der Waals surface area contributed by atoms with E-state index in [9.17, 15) is 8.42 Å². The van der Waals surface area contributed by atoms with Crippen molar-refractivity contribution in [3.8, 4) is 0 Å². The van der Waals surface area contributed by atoms with Crippen LogP contribution in [0.1, 0.15) is 16.7 Å². The molecule has 2 rings (SSSR count). The molecule has 2 aromatic carbocycles. The van der Waals surface area contributed by atoms with Gasteiger partial charge in [0.05, 0.1) is 4.90 Å². The second kappa shape index (κ2) is 5.64. The number of hydrogen-bond donors (Lipinski definition) is 2. The number of hydrogen-bond acceptors (Lipinski definition) is 3. The van der Waals surface area contributed by atoms with Crippen molar-refractivity contribution in [2.45, 2.75) is 25.3 Å². The highest BCUT2D eigenvalue weighted by Gasteiger charge is 2.11. The fourth-order valence-corrected chi connectivity index (χ4v) is 2.85. The van der Waals surface area contributed by atoms with Gasteiger partial charge in [0.15, 0.2) is 0 Å². The van der Waals surface area contributed by atoms with Gasteiger partial charge in [-0.25, -0.2) is 13.6 Å². The van der Waals surface area contributed by atoms with Crippen LogP contribution in [0.25, 0.3) is 0 Å². The summed E-state index contributed by atoms with van der Waals surface area (Å²) in [6, 6.07) is 13.3. The summed E-state index contributed by atoms with van der Waals surface area (Å²) in [5, 5.41) is 8.41. The van der Waals surface area contributed by atoms with Gasteiger partial charge in [0.25, 0.3) is 0 Å². The monoisotopic (exact) mass is 290 g/mol. The zero-order chi connectivity index (χ0) is 14.8. The second-order valence-corrected chi connectivity index (χ2v) is 6.40. The van der Waals surface area contributed by atoms with Crippen LogP contribution in [-0.2, 0) is 16.6 Å². The molecule has 0 amide bonds. The highest BCUT2D eigenvalue weighted by molar-refractivity contribution is 7.89. The van der Waals surface area contributed by atoms with Crippen LogP contribution in [0.3, 0.4) is 0 Å². The van der Waals surface area contributed by atoms with Crippen LogP contribution in [0.5, 0.6) is 0 Å². The summed E-state index contributed by atoms with van der Waals surface area (Å²) in [6.45, 7) is 4.40. The molecular formula is C15H18N2O2S. The smallest absolute Gasteiger partial charge is 0.238 e. The molecule has 0 saturated carbocycles. The minimum Gasteiger partial charge on any atom is -0.381 e. The lowest BCUT2D eigenvalue weighted by Gasteiger charge is -2.10. The van der Waals surface area contributed by atoms with Gasteiger partial charge in [-0.3, -0.25) is 0 Å². The number of aryl methyl sites for hydroxylation is 2. The molecule has 0 radical (unpaired) electrons. The average molecular weight is 290 g/mol. The first-order chi connectivity index (χ1) is 9.36. The molecule has 0 unspecified atom stereocenters. The summed E-state index contributed by atoms with van der Waals surface area (Å²) in [4.78, 5) is 0.159. The minimum atomic E-state index is -3.69. The van der Waals surface area contributed by atoms with Crippen molar-refractivity contribution in [3.05, 3.63) is 59.2 Å². The first-order valence-electron chi connectivity index (χ1n) is 6.29. The van der Waals surface area contributed by atoms with Gasteiger partial charge >= 0.3 is 0 Å². The Labute approximate surface area is 119 Å². The van der Waals surface area contributed by atoms with Crippen LogP contribution in [-0.4, -0.2) is 8.42 Å². The van der Waals surface area contributed by atoms with E-state index in [1.54, 1.807) is 19.1 Å². The Morgan fingerprint density at radius 2 is 1.85 bits per heavy atom. The van der Waals surface area contributed by atoms with Crippen LogP contribution < -0.4 is 10.5 Å². The minimum absolute atomic E-state index is 0.159. The Kier molecular flexibility index (Phi) is 4.11. The third kappa shape index (κ3) is 3.59. The summed E-state index contributed by atoms with van der Waals surface area (Å²) in [7, 11) is -3.69. The molecule has 20 heavy (non-hydrogen) atoms. The highest BCUT2D eigenvalue weighted by Crippen LogP contribution is 2.19. The number of nitrogens with one attached hydrogen (secondary N) is 1. The summed E-state index contributed by atoms with van der Waals surface area (Å²) >= 11 is 0. The number of primary sulfonamides is 1. The van der Waals surface area contributed by atoms with E-state index in [1.807, 2.05) is 31.2 Å². The van der Waals surface area contributed by atoms with Crippen molar-refractivity contribution in [2.24, 2.45) is 5.14 Å². The van der Waals surface area contributed by atoms with E-state index in [2.05, 4.69) is 11.4 Å². The van der Waals surface area contributed by atoms with E-state index in [0.717, 1.165) is 11.3 Å². The average Bonchev–Trinajstić information content (AvgIpc) is 2.36. The van der Waals surface area contributed by atoms with Crippen LogP contribution in [0.4, 0.5) is 5.69 Å². The van der Waals surface area contributed by atoms with E-state index < -0.39 is 10.0 Å². The maximum Gasteiger partial charge on any atom is 0.238 e. The quantitative estimate of drug-likeness (QED) is 0.909. The first-order valence-corrected chi connectivity index (χ1v) is 7.84. The van der Waals surface area contributed by atoms with Crippen LogP contribution in [0.15, 0.2) is 47.4 Å². The molecule has 0 spiro atoms. The Bertz CT molecular complexity index is 724. The van der Waals surface area contributed by atoms with Crippen molar-refractivity contribution < 1.29 is 8.42 Å². The van der Waals surface area contributed by atoms with Gasteiger partial charge in [0, 0.05) is 12.2 Å². The third-order valence-electron chi connectivity index (χ3n) is 3.07. The number of nitrogens with two attached hydrogens (primary N) is 1. The maximum absolute atomic E-state index is 11.5. The Balaban J connectivity index is 2.19. The number of benzene rings is 2. The van der Waals surface area contributed by atoms with Gasteiger partial charge < -0.3 is 5.32 Å². The number of anilines is 1. The Hall–Kier alpha value is -1.85. The molecule has 0 bridgehead atoms. The van der Waals surface area contributed by atoms with Crippen molar-refractivity contribution in [1.29, 1.82) is 0 Å². The lowest BCUT2D eigenvalue weighted by atomic mass is 10.1. The standard InChI is InChI=1S/C15H18N2O2S/c1-11-4-3-5-13(8-11)10-17-14-7-6-12(2)15(9-14)20(16,18)19/h3-9,17H,10H2,1-2H3,(H2,16,18,19). The first kappa shape index (κ1) is 14.6. The molecular weight excluding hydrogens is 272 g/mol. The number of sulfonamides is 1. The Morgan fingerprint density at radius 3 is 2.50 bits per heavy atom. The lowest BCUT2D eigenvalue weighted by Crippen LogP contribution is -2.14. The molecule has 0 aliphatic rings. The second-order valence-electron chi connectivity index (χ2n) is 4.87. The normalized spacial score (nSPS) is 11.3. The summed E-state index contributed by atoms with van der Waals surface area (Å²) in [6.07, 6.45) is 0. The van der Waals surface area contributed by atoms with Crippen LogP contribution >= 0.6 is 0 Å².